The lowest BCUT2D eigenvalue weighted by atomic mass is 10.1. The van der Waals surface area contributed by atoms with E-state index >= 15 is 0 Å². The third-order valence-corrected chi connectivity index (χ3v) is 11.4. The molecule has 0 bridgehead atoms. The summed E-state index contributed by atoms with van der Waals surface area (Å²) in [6.45, 7) is 6.15. The minimum atomic E-state index is -0.852. The van der Waals surface area contributed by atoms with Crippen molar-refractivity contribution in [3.05, 3.63) is 182 Å². The molecule has 0 aliphatic heterocycles. The molecule has 0 heterocycles. The van der Waals surface area contributed by atoms with E-state index in [-0.39, 0.29) is 38.0 Å². The Morgan fingerprint density at radius 2 is 0.533 bits per heavy atom. The van der Waals surface area contributed by atoms with E-state index in [4.69, 9.17) is 14.2 Å². The van der Waals surface area contributed by atoms with E-state index in [1.807, 2.05) is 6.08 Å². The number of carbonyl (C=O) groups excluding carboxylic acids is 3. The number of hydrogen-bond acceptors (Lipinski definition) is 6. The van der Waals surface area contributed by atoms with Gasteiger partial charge in [-0.3, -0.25) is 14.4 Å². The van der Waals surface area contributed by atoms with Gasteiger partial charge in [0.1, 0.15) is 13.2 Å². The molecule has 0 aliphatic carbocycles. The fourth-order valence-corrected chi connectivity index (χ4v) is 7.16. The van der Waals surface area contributed by atoms with Gasteiger partial charge in [0.15, 0.2) is 6.10 Å². The first-order chi connectivity index (χ1) is 37.0. The molecule has 0 rings (SSSR count). The number of rotatable bonds is 50. The van der Waals surface area contributed by atoms with Crippen LogP contribution in [0.3, 0.4) is 0 Å². The predicted octanol–water partition coefficient (Wildman–Crippen LogP) is 20.1. The minimum absolute atomic E-state index is 0.107. The van der Waals surface area contributed by atoms with Crippen LogP contribution in [0.15, 0.2) is 182 Å². The zero-order chi connectivity index (χ0) is 54.3. The maximum absolute atomic E-state index is 12.9. The number of unbranched alkanes of at least 4 members (excludes halogenated alkanes) is 10. The lowest BCUT2D eigenvalue weighted by Crippen LogP contribution is -2.30. The van der Waals surface area contributed by atoms with Crippen LogP contribution in [0.25, 0.3) is 0 Å². The number of ether oxygens (including phenoxy) is 3. The van der Waals surface area contributed by atoms with E-state index < -0.39 is 12.1 Å². The Morgan fingerprint density at radius 1 is 0.280 bits per heavy atom. The van der Waals surface area contributed by atoms with E-state index in [0.29, 0.717) is 12.8 Å². The van der Waals surface area contributed by atoms with Crippen molar-refractivity contribution in [2.75, 3.05) is 13.2 Å². The van der Waals surface area contributed by atoms with Gasteiger partial charge in [0.25, 0.3) is 0 Å². The quantitative estimate of drug-likeness (QED) is 0.0261. The molecule has 1 atom stereocenters. The van der Waals surface area contributed by atoms with Crippen LogP contribution in [0.5, 0.6) is 0 Å². The lowest BCUT2D eigenvalue weighted by molar-refractivity contribution is -0.166. The summed E-state index contributed by atoms with van der Waals surface area (Å²) in [5, 5.41) is 0. The van der Waals surface area contributed by atoms with E-state index in [1.54, 1.807) is 6.08 Å². The standard InChI is InChI=1S/C69H104O6/c1-4-7-10-13-16-19-22-25-28-30-32-33-34-35-37-38-41-44-47-50-53-56-59-62-68(71)74-65-66(64-73-67(70)61-58-55-52-49-46-43-40-27-24-21-18-15-12-9-6-3)75-69(72)63-60-57-54-51-48-45-42-39-36-31-29-26-23-20-17-14-11-8-5-2/h7-12,16-21,25-29,32-33,35-37,39-40,45-46,48-49,55,58,66H,4-6,13-15,22-24,30-31,34,38,41-44,47,50-54,56-57,59-65H2,1-3H3/b10-7-,11-8-,12-9-,19-16-,20-17-,21-18-,28-25-,29-26-,33-32-,37-35-,39-36-,40-27-,48-45-,49-46-,58-55-. The van der Waals surface area contributed by atoms with Crippen molar-refractivity contribution >= 4 is 17.9 Å². The summed E-state index contributed by atoms with van der Waals surface area (Å²) in [5.41, 5.74) is 0. The number of esters is 3. The topological polar surface area (TPSA) is 78.9 Å². The summed E-state index contributed by atoms with van der Waals surface area (Å²) in [7, 11) is 0. The molecule has 0 aromatic heterocycles. The average Bonchev–Trinajstić information content (AvgIpc) is 3.41. The van der Waals surface area contributed by atoms with E-state index in [1.165, 1.54) is 19.3 Å². The van der Waals surface area contributed by atoms with Crippen LogP contribution in [-0.2, 0) is 28.6 Å². The molecule has 0 fully saturated rings. The van der Waals surface area contributed by atoms with Gasteiger partial charge < -0.3 is 14.2 Å². The Morgan fingerprint density at radius 3 is 0.880 bits per heavy atom. The summed E-state index contributed by atoms with van der Waals surface area (Å²) >= 11 is 0. The number of hydrogen-bond donors (Lipinski definition) is 0. The monoisotopic (exact) mass is 1030 g/mol. The molecule has 0 aromatic rings. The molecular weight excluding hydrogens is 925 g/mol. The molecule has 75 heavy (non-hydrogen) atoms. The Bertz CT molecular complexity index is 1800. The molecule has 6 nitrogen and oxygen atoms in total. The average molecular weight is 1030 g/mol. The van der Waals surface area contributed by atoms with E-state index in [9.17, 15) is 14.4 Å². The molecule has 0 spiro atoms. The van der Waals surface area contributed by atoms with Crippen LogP contribution in [0, 0.1) is 0 Å². The summed E-state index contributed by atoms with van der Waals surface area (Å²) in [5.74, 6) is -1.13. The van der Waals surface area contributed by atoms with Gasteiger partial charge in [0, 0.05) is 12.8 Å². The van der Waals surface area contributed by atoms with Crippen molar-refractivity contribution in [1.82, 2.24) is 0 Å². The number of allylic oxidation sites excluding steroid dienone is 29. The SMILES string of the molecule is CC/C=C\C/C=C\C/C=C\C/C=C\C/C=C\CCCCCCCCCC(=O)OCC(COC(=O)C/C=C\C/C=C\C/C=C\C/C=C\C/C=C\CC)OC(=O)CCCCC/C=C\C/C=C\C/C=C\C/C=C\C/C=C\CC. The zero-order valence-corrected chi connectivity index (χ0v) is 47.5. The van der Waals surface area contributed by atoms with Crippen molar-refractivity contribution in [2.24, 2.45) is 0 Å². The molecule has 1 unspecified atom stereocenters. The second-order valence-corrected chi connectivity index (χ2v) is 18.4. The van der Waals surface area contributed by atoms with Crippen molar-refractivity contribution in [3.63, 3.8) is 0 Å². The fourth-order valence-electron chi connectivity index (χ4n) is 7.16. The summed E-state index contributed by atoms with van der Waals surface area (Å²) in [6, 6.07) is 0. The van der Waals surface area contributed by atoms with Gasteiger partial charge >= 0.3 is 17.9 Å². The van der Waals surface area contributed by atoms with Crippen LogP contribution in [0.1, 0.15) is 213 Å². The molecule has 0 saturated carbocycles. The van der Waals surface area contributed by atoms with E-state index in [2.05, 4.69) is 191 Å². The molecule has 6 heteroatoms. The molecule has 0 saturated heterocycles. The third kappa shape index (κ3) is 59.3. The van der Waals surface area contributed by atoms with Crippen LogP contribution < -0.4 is 0 Å². The van der Waals surface area contributed by atoms with Crippen LogP contribution >= 0.6 is 0 Å². The Balaban J connectivity index is 4.58. The first kappa shape index (κ1) is 69.5. The fraction of sp³-hybridized carbons (Fsp3) is 0.522. The second-order valence-electron chi connectivity index (χ2n) is 18.4. The minimum Gasteiger partial charge on any atom is -0.462 e. The highest BCUT2D eigenvalue weighted by Crippen LogP contribution is 2.12. The summed E-state index contributed by atoms with van der Waals surface area (Å²) in [6.07, 6.45) is 91.9. The van der Waals surface area contributed by atoms with Gasteiger partial charge in [-0.15, -0.1) is 0 Å². The highest BCUT2D eigenvalue weighted by atomic mass is 16.6. The Labute approximate surface area is 459 Å². The smallest absolute Gasteiger partial charge is 0.309 e. The normalized spacial score (nSPS) is 13.5. The maximum Gasteiger partial charge on any atom is 0.309 e. The lowest BCUT2D eigenvalue weighted by Gasteiger charge is -2.18. The first-order valence-electron chi connectivity index (χ1n) is 29.3. The summed E-state index contributed by atoms with van der Waals surface area (Å²) in [4.78, 5) is 38.2. The van der Waals surface area contributed by atoms with Crippen molar-refractivity contribution < 1.29 is 28.6 Å². The molecule has 0 amide bonds. The molecule has 0 aromatic carbocycles. The van der Waals surface area contributed by atoms with Gasteiger partial charge in [-0.1, -0.05) is 242 Å². The largest absolute Gasteiger partial charge is 0.462 e. The third-order valence-electron chi connectivity index (χ3n) is 11.4. The Kier molecular flexibility index (Phi) is 56.6. The van der Waals surface area contributed by atoms with Crippen molar-refractivity contribution in [2.45, 2.75) is 219 Å². The Hall–Kier alpha value is -5.49. The molecule has 416 valence electrons. The first-order valence-corrected chi connectivity index (χ1v) is 29.3. The van der Waals surface area contributed by atoms with Gasteiger partial charge in [0.2, 0.25) is 0 Å². The van der Waals surface area contributed by atoms with Crippen molar-refractivity contribution in [1.29, 1.82) is 0 Å². The van der Waals surface area contributed by atoms with E-state index in [0.717, 1.165) is 148 Å². The second kappa shape index (κ2) is 61.1. The highest BCUT2D eigenvalue weighted by molar-refractivity contribution is 5.72. The summed E-state index contributed by atoms with van der Waals surface area (Å²) < 4.78 is 16.7. The van der Waals surface area contributed by atoms with Gasteiger partial charge in [-0.25, -0.2) is 0 Å². The molecule has 0 aliphatic rings. The van der Waals surface area contributed by atoms with Crippen molar-refractivity contribution in [3.8, 4) is 0 Å². The molecule has 0 radical (unpaired) electrons. The number of carbonyl (C=O) groups is 3. The predicted molar refractivity (Wildman–Crippen MR) is 324 cm³/mol. The van der Waals surface area contributed by atoms with Crippen LogP contribution in [0.2, 0.25) is 0 Å². The molecule has 0 N–H and O–H groups in total. The molecular formula is C69H104O6. The van der Waals surface area contributed by atoms with Crippen LogP contribution in [0.4, 0.5) is 0 Å². The highest BCUT2D eigenvalue weighted by Gasteiger charge is 2.19. The van der Waals surface area contributed by atoms with Gasteiger partial charge in [0.05, 0.1) is 6.42 Å². The maximum atomic E-state index is 12.9. The zero-order valence-electron chi connectivity index (χ0n) is 47.5. The van der Waals surface area contributed by atoms with Gasteiger partial charge in [-0.05, 0) is 135 Å². The van der Waals surface area contributed by atoms with Gasteiger partial charge in [-0.2, -0.15) is 0 Å². The van der Waals surface area contributed by atoms with Crippen LogP contribution in [-0.4, -0.2) is 37.2 Å².